The van der Waals surface area contributed by atoms with Crippen LogP contribution in [0.2, 0.25) is 0 Å². The highest BCUT2D eigenvalue weighted by atomic mass is 15.4. The predicted octanol–water partition coefficient (Wildman–Crippen LogP) is 1.88. The van der Waals surface area contributed by atoms with Gasteiger partial charge in [-0.2, -0.15) is 9.61 Å². The molecule has 0 aliphatic carbocycles. The summed E-state index contributed by atoms with van der Waals surface area (Å²) in [5.41, 5.74) is 1.99. The molecular formula is C13H19N5. The lowest BCUT2D eigenvalue weighted by Gasteiger charge is -2.38. The van der Waals surface area contributed by atoms with Crippen LogP contribution in [0.3, 0.4) is 0 Å². The van der Waals surface area contributed by atoms with E-state index < -0.39 is 0 Å². The van der Waals surface area contributed by atoms with Gasteiger partial charge in [-0.3, -0.25) is 0 Å². The van der Waals surface area contributed by atoms with Crippen molar-refractivity contribution in [3.05, 3.63) is 23.7 Å². The summed E-state index contributed by atoms with van der Waals surface area (Å²) < 4.78 is 1.88. The van der Waals surface area contributed by atoms with E-state index in [-0.39, 0.29) is 11.5 Å². The van der Waals surface area contributed by atoms with Crippen molar-refractivity contribution in [2.75, 3.05) is 6.54 Å². The molecule has 1 atom stereocenters. The maximum Gasteiger partial charge on any atom is 0.177 e. The van der Waals surface area contributed by atoms with Crippen molar-refractivity contribution in [2.45, 2.75) is 39.7 Å². The zero-order chi connectivity index (χ0) is 12.8. The summed E-state index contributed by atoms with van der Waals surface area (Å²) in [7, 11) is 0. The van der Waals surface area contributed by atoms with E-state index >= 15 is 0 Å². The predicted molar refractivity (Wildman–Crippen MR) is 69.3 cm³/mol. The van der Waals surface area contributed by atoms with E-state index in [4.69, 9.17) is 0 Å². The number of nitrogens with one attached hydrogen (secondary N) is 1. The Morgan fingerprint density at radius 2 is 2.17 bits per heavy atom. The Balaban J connectivity index is 2.10. The van der Waals surface area contributed by atoms with Crippen LogP contribution in [0.25, 0.3) is 5.65 Å². The maximum atomic E-state index is 4.53. The van der Waals surface area contributed by atoms with Gasteiger partial charge in [-0.25, -0.2) is 0 Å². The highest BCUT2D eigenvalue weighted by Gasteiger charge is 2.36. The summed E-state index contributed by atoms with van der Waals surface area (Å²) in [4.78, 5) is 0. The largest absolute Gasteiger partial charge is 0.307 e. The number of nitrogens with zero attached hydrogens (tertiary/aromatic N) is 4. The van der Waals surface area contributed by atoms with Crippen LogP contribution in [-0.4, -0.2) is 26.4 Å². The fourth-order valence-electron chi connectivity index (χ4n) is 2.73. The molecule has 2 aromatic rings. The third-order valence-corrected chi connectivity index (χ3v) is 3.81. The van der Waals surface area contributed by atoms with Gasteiger partial charge in [0.2, 0.25) is 0 Å². The molecule has 5 heteroatoms. The third-order valence-electron chi connectivity index (χ3n) is 3.81. The summed E-state index contributed by atoms with van der Waals surface area (Å²) >= 11 is 0. The van der Waals surface area contributed by atoms with E-state index in [1.165, 1.54) is 12.8 Å². The van der Waals surface area contributed by atoms with Crippen molar-refractivity contribution in [1.82, 2.24) is 25.1 Å². The van der Waals surface area contributed by atoms with Gasteiger partial charge < -0.3 is 5.32 Å². The summed E-state index contributed by atoms with van der Waals surface area (Å²) in [6.07, 6.45) is 2.41. The van der Waals surface area contributed by atoms with E-state index in [0.29, 0.717) is 0 Å². The van der Waals surface area contributed by atoms with Crippen molar-refractivity contribution < 1.29 is 0 Å². The first-order valence-corrected chi connectivity index (χ1v) is 6.50. The van der Waals surface area contributed by atoms with E-state index in [9.17, 15) is 0 Å². The average molecular weight is 245 g/mol. The van der Waals surface area contributed by atoms with E-state index in [2.05, 4.69) is 34.5 Å². The Morgan fingerprint density at radius 1 is 1.33 bits per heavy atom. The Kier molecular flexibility index (Phi) is 2.59. The van der Waals surface area contributed by atoms with Crippen LogP contribution >= 0.6 is 0 Å². The number of piperidine rings is 1. The maximum absolute atomic E-state index is 4.53. The van der Waals surface area contributed by atoms with Gasteiger partial charge in [0.05, 0.1) is 11.7 Å². The van der Waals surface area contributed by atoms with Gasteiger partial charge in [-0.05, 0) is 43.9 Å². The van der Waals surface area contributed by atoms with Gasteiger partial charge in [0.1, 0.15) is 0 Å². The first-order chi connectivity index (χ1) is 8.58. The van der Waals surface area contributed by atoms with Crippen LogP contribution in [0.4, 0.5) is 0 Å². The van der Waals surface area contributed by atoms with E-state index in [0.717, 1.165) is 23.7 Å². The van der Waals surface area contributed by atoms with Crippen LogP contribution in [0.15, 0.2) is 12.1 Å². The molecule has 0 aromatic carbocycles. The monoisotopic (exact) mass is 245 g/mol. The molecule has 1 unspecified atom stereocenters. The first kappa shape index (κ1) is 11.6. The van der Waals surface area contributed by atoms with Crippen molar-refractivity contribution in [2.24, 2.45) is 5.41 Å². The SMILES string of the molecule is Cc1ccc2nnc(C3NCCCC3(C)C)n2n1. The lowest BCUT2D eigenvalue weighted by Crippen LogP contribution is -2.41. The fourth-order valence-corrected chi connectivity index (χ4v) is 2.73. The summed E-state index contributed by atoms with van der Waals surface area (Å²) in [6, 6.07) is 4.15. The van der Waals surface area contributed by atoms with Crippen LogP contribution < -0.4 is 5.32 Å². The van der Waals surface area contributed by atoms with Crippen molar-refractivity contribution in [3.63, 3.8) is 0 Å². The molecule has 1 saturated heterocycles. The molecule has 1 N–H and O–H groups in total. The Morgan fingerprint density at radius 3 is 2.94 bits per heavy atom. The molecule has 0 bridgehead atoms. The first-order valence-electron chi connectivity index (χ1n) is 6.50. The van der Waals surface area contributed by atoms with Crippen molar-refractivity contribution in [3.8, 4) is 0 Å². The van der Waals surface area contributed by atoms with E-state index in [1.807, 2.05) is 23.6 Å². The number of hydrogen-bond acceptors (Lipinski definition) is 4. The minimum absolute atomic E-state index is 0.187. The highest BCUT2D eigenvalue weighted by molar-refractivity contribution is 5.36. The lowest BCUT2D eigenvalue weighted by molar-refractivity contribution is 0.172. The normalized spacial score (nSPS) is 23.4. The Bertz CT molecular complexity index is 572. The molecule has 5 nitrogen and oxygen atoms in total. The van der Waals surface area contributed by atoms with Gasteiger partial charge in [-0.15, -0.1) is 10.2 Å². The van der Waals surface area contributed by atoms with Crippen LogP contribution in [-0.2, 0) is 0 Å². The van der Waals surface area contributed by atoms with Crippen molar-refractivity contribution in [1.29, 1.82) is 0 Å². The van der Waals surface area contributed by atoms with Gasteiger partial charge in [-0.1, -0.05) is 13.8 Å². The lowest BCUT2D eigenvalue weighted by atomic mass is 9.77. The number of fused-ring (bicyclic) bond motifs is 1. The number of rotatable bonds is 1. The molecule has 3 rings (SSSR count). The fraction of sp³-hybridized carbons (Fsp3) is 0.615. The number of aryl methyl sites for hydroxylation is 1. The molecule has 18 heavy (non-hydrogen) atoms. The summed E-state index contributed by atoms with van der Waals surface area (Å²) in [5.74, 6) is 0.929. The molecular weight excluding hydrogens is 226 g/mol. The second-order valence-corrected chi connectivity index (χ2v) is 5.78. The number of hydrogen-bond donors (Lipinski definition) is 1. The molecule has 1 aliphatic rings. The minimum atomic E-state index is 0.187. The topological polar surface area (TPSA) is 55.1 Å². The molecule has 3 heterocycles. The summed E-state index contributed by atoms with van der Waals surface area (Å²) in [6.45, 7) is 7.58. The van der Waals surface area contributed by atoms with Crippen LogP contribution in [0.1, 0.15) is 44.2 Å². The quantitative estimate of drug-likeness (QED) is 0.833. The molecule has 1 aliphatic heterocycles. The molecule has 1 fully saturated rings. The van der Waals surface area contributed by atoms with Crippen LogP contribution in [0, 0.1) is 12.3 Å². The van der Waals surface area contributed by atoms with Gasteiger partial charge in [0.15, 0.2) is 11.5 Å². The molecule has 0 saturated carbocycles. The smallest absolute Gasteiger partial charge is 0.177 e. The zero-order valence-corrected chi connectivity index (χ0v) is 11.1. The Labute approximate surface area is 107 Å². The van der Waals surface area contributed by atoms with Crippen molar-refractivity contribution >= 4 is 5.65 Å². The Hall–Kier alpha value is -1.49. The zero-order valence-electron chi connectivity index (χ0n) is 11.1. The molecule has 0 amide bonds. The molecule has 2 aromatic heterocycles. The highest BCUT2D eigenvalue weighted by Crippen LogP contribution is 2.39. The second kappa shape index (κ2) is 4.02. The summed E-state index contributed by atoms with van der Waals surface area (Å²) in [5, 5.41) is 16.6. The standard InChI is InChI=1S/C13H19N5/c1-9-5-6-10-15-16-12(18(10)17-9)11-13(2,3)7-4-8-14-11/h5-6,11,14H,4,7-8H2,1-3H3. The number of aromatic nitrogens is 4. The van der Waals surface area contributed by atoms with Gasteiger partial charge in [0.25, 0.3) is 0 Å². The molecule has 96 valence electrons. The van der Waals surface area contributed by atoms with E-state index in [1.54, 1.807) is 0 Å². The average Bonchev–Trinajstić information content (AvgIpc) is 2.71. The van der Waals surface area contributed by atoms with Crippen LogP contribution in [0.5, 0.6) is 0 Å². The third kappa shape index (κ3) is 1.79. The molecule has 0 radical (unpaired) electrons. The second-order valence-electron chi connectivity index (χ2n) is 5.78. The molecule has 0 spiro atoms. The minimum Gasteiger partial charge on any atom is -0.307 e. The van der Waals surface area contributed by atoms with Gasteiger partial charge in [0, 0.05) is 0 Å². The van der Waals surface area contributed by atoms with Gasteiger partial charge >= 0.3 is 0 Å².